The standard InChI is InChI=1S/C12H16FN2O4/c1-12(2,3)19-11(16)14(4)10-7-8(15(17)18)5-6-9(10)13/h5-7H,1-4H3,(H,17,18)/q+1. The van der Waals surface area contributed by atoms with Crippen LogP contribution in [0.3, 0.4) is 0 Å². The Morgan fingerprint density at radius 2 is 2.00 bits per heavy atom. The van der Waals surface area contributed by atoms with E-state index in [0.717, 1.165) is 23.1 Å². The third kappa shape index (κ3) is 3.90. The number of amides is 1. The molecule has 1 amide bonds. The van der Waals surface area contributed by atoms with Crippen LogP contribution in [0, 0.1) is 10.7 Å². The Hall–Kier alpha value is -2.18. The van der Waals surface area contributed by atoms with Crippen LogP contribution in [0.15, 0.2) is 18.2 Å². The fourth-order valence-corrected chi connectivity index (χ4v) is 1.31. The van der Waals surface area contributed by atoms with Gasteiger partial charge in [-0.2, -0.15) is 0 Å². The molecule has 1 aromatic carbocycles. The summed E-state index contributed by atoms with van der Waals surface area (Å²) in [5, 5.41) is 8.77. The summed E-state index contributed by atoms with van der Waals surface area (Å²) in [4.78, 5) is 23.0. The smallest absolute Gasteiger partial charge is 0.414 e. The molecule has 1 rings (SSSR count). The highest BCUT2D eigenvalue weighted by atomic mass is 19.1. The summed E-state index contributed by atoms with van der Waals surface area (Å²) in [6.07, 6.45) is -0.765. The van der Waals surface area contributed by atoms with Crippen molar-refractivity contribution in [1.29, 1.82) is 0 Å². The second-order valence-electron chi connectivity index (χ2n) is 4.95. The van der Waals surface area contributed by atoms with Gasteiger partial charge in [0.25, 0.3) is 4.92 Å². The maximum absolute atomic E-state index is 13.6. The van der Waals surface area contributed by atoms with E-state index in [1.807, 2.05) is 0 Å². The van der Waals surface area contributed by atoms with Crippen LogP contribution in [-0.4, -0.2) is 28.9 Å². The van der Waals surface area contributed by atoms with Crippen molar-refractivity contribution in [1.82, 2.24) is 0 Å². The van der Waals surface area contributed by atoms with Crippen molar-refractivity contribution in [2.45, 2.75) is 26.4 Å². The first-order chi connectivity index (χ1) is 8.61. The lowest BCUT2D eigenvalue weighted by molar-refractivity contribution is -0.729. The minimum atomic E-state index is -0.765. The number of nitrogens with zero attached hydrogens (tertiary/aromatic N) is 2. The monoisotopic (exact) mass is 271 g/mol. The summed E-state index contributed by atoms with van der Waals surface area (Å²) in [6.45, 7) is 5.04. The third-order valence-electron chi connectivity index (χ3n) is 2.18. The number of ether oxygens (including phenoxy) is 1. The number of hydrogen-bond acceptors (Lipinski definition) is 3. The average Bonchev–Trinajstić information content (AvgIpc) is 2.26. The number of carbonyl (C=O) groups is 1. The van der Waals surface area contributed by atoms with E-state index in [2.05, 4.69) is 0 Å². The van der Waals surface area contributed by atoms with Crippen LogP contribution < -0.4 is 4.90 Å². The molecule has 0 bridgehead atoms. The van der Waals surface area contributed by atoms with Gasteiger partial charge in [-0.3, -0.25) is 4.90 Å². The number of halogens is 1. The largest absolute Gasteiger partial charge is 0.443 e. The SMILES string of the molecule is CN(C(=O)OC(C)(C)C)c1cc([N+](=O)O)ccc1F. The summed E-state index contributed by atoms with van der Waals surface area (Å²) < 4.78 is 18.7. The van der Waals surface area contributed by atoms with Gasteiger partial charge in [-0.05, 0) is 26.8 Å². The molecule has 0 spiro atoms. The van der Waals surface area contributed by atoms with Crippen LogP contribution in [0.2, 0.25) is 0 Å². The quantitative estimate of drug-likeness (QED) is 0.839. The van der Waals surface area contributed by atoms with E-state index >= 15 is 0 Å². The molecule has 0 fully saturated rings. The predicted octanol–water partition coefficient (Wildman–Crippen LogP) is 3.00. The minimum absolute atomic E-state index is 0.165. The van der Waals surface area contributed by atoms with Crippen LogP contribution in [0.5, 0.6) is 0 Å². The fourth-order valence-electron chi connectivity index (χ4n) is 1.31. The van der Waals surface area contributed by atoms with Crippen molar-refractivity contribution in [2.75, 3.05) is 11.9 Å². The van der Waals surface area contributed by atoms with E-state index in [1.165, 1.54) is 7.05 Å². The van der Waals surface area contributed by atoms with Gasteiger partial charge in [0.05, 0.1) is 10.6 Å². The van der Waals surface area contributed by atoms with Gasteiger partial charge >= 0.3 is 11.8 Å². The normalized spacial score (nSPS) is 11.0. The van der Waals surface area contributed by atoms with E-state index in [0.29, 0.717) is 0 Å². The van der Waals surface area contributed by atoms with Crippen LogP contribution >= 0.6 is 0 Å². The lowest BCUT2D eigenvalue weighted by Gasteiger charge is -2.24. The van der Waals surface area contributed by atoms with Crippen molar-refractivity contribution in [2.24, 2.45) is 0 Å². The molecule has 0 saturated carbocycles. The molecule has 0 saturated heterocycles. The number of benzene rings is 1. The van der Waals surface area contributed by atoms with Crippen molar-refractivity contribution < 1.29 is 24.1 Å². The zero-order valence-electron chi connectivity index (χ0n) is 11.2. The molecule has 1 N–H and O–H groups in total. The fraction of sp³-hybridized carbons (Fsp3) is 0.417. The maximum atomic E-state index is 13.6. The molecule has 7 heteroatoms. The second kappa shape index (κ2) is 5.21. The highest BCUT2D eigenvalue weighted by Crippen LogP contribution is 2.25. The number of hydrogen-bond donors (Lipinski definition) is 1. The summed E-state index contributed by atoms with van der Waals surface area (Å²) in [6, 6.07) is 3.12. The Kier molecular flexibility index (Phi) is 4.08. The van der Waals surface area contributed by atoms with Gasteiger partial charge < -0.3 is 4.74 Å². The molecule has 0 atom stereocenters. The first kappa shape index (κ1) is 14.9. The molecule has 104 valence electrons. The average molecular weight is 271 g/mol. The summed E-state index contributed by atoms with van der Waals surface area (Å²) in [5.41, 5.74) is -1.07. The molecule has 0 aromatic heterocycles. The minimum Gasteiger partial charge on any atom is -0.443 e. The first-order valence-corrected chi connectivity index (χ1v) is 5.54. The number of anilines is 1. The Morgan fingerprint density at radius 3 is 2.47 bits per heavy atom. The highest BCUT2D eigenvalue weighted by Gasteiger charge is 2.24. The van der Waals surface area contributed by atoms with Gasteiger partial charge in [0.15, 0.2) is 0 Å². The van der Waals surface area contributed by atoms with Crippen molar-refractivity contribution in [3.8, 4) is 0 Å². The molecule has 0 aliphatic rings. The van der Waals surface area contributed by atoms with Gasteiger partial charge in [0, 0.05) is 19.2 Å². The van der Waals surface area contributed by atoms with Crippen molar-refractivity contribution in [3.05, 3.63) is 28.9 Å². The Morgan fingerprint density at radius 1 is 1.42 bits per heavy atom. The van der Waals surface area contributed by atoms with Crippen LogP contribution in [0.25, 0.3) is 0 Å². The summed E-state index contributed by atoms with van der Waals surface area (Å²) in [7, 11) is 1.31. The van der Waals surface area contributed by atoms with E-state index in [9.17, 15) is 14.1 Å². The molecule has 0 heterocycles. The van der Waals surface area contributed by atoms with Crippen molar-refractivity contribution >= 4 is 17.5 Å². The summed E-state index contributed by atoms with van der Waals surface area (Å²) >= 11 is 0. The van der Waals surface area contributed by atoms with Crippen LogP contribution in [0.4, 0.5) is 20.6 Å². The molecular formula is C12H16FN2O4+. The van der Waals surface area contributed by atoms with Gasteiger partial charge in [-0.15, -0.1) is 0 Å². The van der Waals surface area contributed by atoms with Gasteiger partial charge in [-0.25, -0.2) is 14.4 Å². The molecule has 0 aliphatic carbocycles. The van der Waals surface area contributed by atoms with E-state index < -0.39 is 22.4 Å². The third-order valence-corrected chi connectivity index (χ3v) is 2.18. The van der Waals surface area contributed by atoms with Gasteiger partial charge in [0.2, 0.25) is 0 Å². The highest BCUT2D eigenvalue weighted by molar-refractivity contribution is 5.87. The molecular weight excluding hydrogens is 255 g/mol. The lowest BCUT2D eigenvalue weighted by atomic mass is 10.2. The molecule has 0 unspecified atom stereocenters. The molecule has 0 aliphatic heterocycles. The van der Waals surface area contributed by atoms with E-state index in [4.69, 9.17) is 9.94 Å². The molecule has 19 heavy (non-hydrogen) atoms. The molecule has 6 nitrogen and oxygen atoms in total. The predicted molar refractivity (Wildman–Crippen MR) is 66.1 cm³/mol. The summed E-state index contributed by atoms with van der Waals surface area (Å²) in [5.74, 6) is -0.709. The zero-order valence-corrected chi connectivity index (χ0v) is 11.2. The number of carbonyl (C=O) groups excluding carboxylic acids is 1. The van der Waals surface area contributed by atoms with Gasteiger partial charge in [0.1, 0.15) is 11.4 Å². The van der Waals surface area contributed by atoms with E-state index in [-0.39, 0.29) is 11.4 Å². The van der Waals surface area contributed by atoms with E-state index in [1.54, 1.807) is 20.8 Å². The van der Waals surface area contributed by atoms with Crippen LogP contribution in [-0.2, 0) is 4.74 Å². The Balaban J connectivity index is 3.05. The zero-order chi connectivity index (χ0) is 14.8. The lowest BCUT2D eigenvalue weighted by Crippen LogP contribution is -2.34. The molecule has 1 aromatic rings. The number of rotatable bonds is 2. The second-order valence-corrected chi connectivity index (χ2v) is 4.95. The Labute approximate surface area is 109 Å². The van der Waals surface area contributed by atoms with Crippen LogP contribution in [0.1, 0.15) is 20.8 Å². The maximum Gasteiger partial charge on any atom is 0.414 e. The topological polar surface area (TPSA) is 69.9 Å². The first-order valence-electron chi connectivity index (χ1n) is 5.54. The Bertz CT molecular complexity index is 511. The van der Waals surface area contributed by atoms with Gasteiger partial charge in [-0.1, -0.05) is 0 Å². The molecule has 0 radical (unpaired) electrons. The van der Waals surface area contributed by atoms with Crippen molar-refractivity contribution in [3.63, 3.8) is 0 Å².